The zero-order valence-electron chi connectivity index (χ0n) is 11.7. The molecule has 3 N–H and O–H groups in total. The summed E-state index contributed by atoms with van der Waals surface area (Å²) < 4.78 is 4.56. The van der Waals surface area contributed by atoms with Crippen molar-refractivity contribution in [3.63, 3.8) is 0 Å². The van der Waals surface area contributed by atoms with E-state index in [2.05, 4.69) is 21.9 Å². The number of hydrogen-bond donors (Lipinski definition) is 2. The summed E-state index contributed by atoms with van der Waals surface area (Å²) in [5.41, 5.74) is 5.32. The number of alkyl carbamates (subject to hydrolysis) is 1. The summed E-state index contributed by atoms with van der Waals surface area (Å²) in [7, 11) is 1.32. The summed E-state index contributed by atoms with van der Waals surface area (Å²) in [5, 5.41) is 2.71. The van der Waals surface area contributed by atoms with E-state index in [-0.39, 0.29) is 11.9 Å². The summed E-state index contributed by atoms with van der Waals surface area (Å²) in [6.07, 6.45) is 0.260. The second kappa shape index (κ2) is 7.11. The van der Waals surface area contributed by atoms with E-state index in [4.69, 9.17) is 5.73 Å². The average molecular weight is 307 g/mol. The molecule has 6 nitrogen and oxygen atoms in total. The molecular weight excluding hydrogens is 290 g/mol. The molecule has 1 unspecified atom stereocenters. The van der Waals surface area contributed by atoms with Crippen molar-refractivity contribution in [3.8, 4) is 11.8 Å². The number of hydrogen-bond acceptors (Lipinski definition) is 5. The highest BCUT2D eigenvalue weighted by Crippen LogP contribution is 2.20. The van der Waals surface area contributed by atoms with Gasteiger partial charge in [-0.05, 0) is 18.6 Å². The normalized spacial score (nSPS) is 17.0. The molecule has 2 rings (SSSR count). The summed E-state index contributed by atoms with van der Waals surface area (Å²) >= 11 is 1.36. The summed E-state index contributed by atoms with van der Waals surface area (Å²) in [6, 6.07) is 3.54. The molecule has 0 saturated carbocycles. The molecule has 1 atom stereocenters. The summed E-state index contributed by atoms with van der Waals surface area (Å²) in [6.45, 7) is 1.42. The van der Waals surface area contributed by atoms with Gasteiger partial charge in [-0.25, -0.2) is 4.79 Å². The number of amides is 2. The van der Waals surface area contributed by atoms with E-state index < -0.39 is 6.09 Å². The number of likely N-dealkylation sites (tertiary alicyclic amines) is 1. The van der Waals surface area contributed by atoms with E-state index in [1.807, 2.05) is 6.07 Å². The number of nitrogens with two attached hydrogens (primary N) is 1. The van der Waals surface area contributed by atoms with Crippen molar-refractivity contribution in [2.75, 3.05) is 26.7 Å². The Hall–Kier alpha value is -2.04. The Morgan fingerprint density at radius 2 is 2.38 bits per heavy atom. The molecule has 2 heterocycles. The van der Waals surface area contributed by atoms with Gasteiger partial charge in [0.25, 0.3) is 5.91 Å². The highest BCUT2D eigenvalue weighted by molar-refractivity contribution is 7.14. The molecule has 1 aliphatic heterocycles. The SMILES string of the molecule is COC(=O)NC1CCN(C(=O)c2ccc(C#CCN)s2)C1. The van der Waals surface area contributed by atoms with E-state index in [0.717, 1.165) is 11.3 Å². The molecule has 1 aromatic heterocycles. The van der Waals surface area contributed by atoms with Crippen LogP contribution < -0.4 is 11.1 Å². The number of rotatable bonds is 2. The van der Waals surface area contributed by atoms with Crippen LogP contribution >= 0.6 is 11.3 Å². The van der Waals surface area contributed by atoms with E-state index in [0.29, 0.717) is 24.5 Å². The molecule has 0 spiro atoms. The van der Waals surface area contributed by atoms with Crippen LogP contribution in [0.15, 0.2) is 12.1 Å². The van der Waals surface area contributed by atoms with Gasteiger partial charge in [0.2, 0.25) is 0 Å². The van der Waals surface area contributed by atoms with Gasteiger partial charge in [0.05, 0.1) is 29.5 Å². The number of methoxy groups -OCH3 is 1. The molecule has 112 valence electrons. The molecule has 1 fully saturated rings. The number of carbonyl (C=O) groups excluding carboxylic acids is 2. The Morgan fingerprint density at radius 1 is 1.57 bits per heavy atom. The third-order valence-corrected chi connectivity index (χ3v) is 4.10. The van der Waals surface area contributed by atoms with Crippen molar-refractivity contribution in [1.29, 1.82) is 0 Å². The first-order chi connectivity index (χ1) is 10.1. The van der Waals surface area contributed by atoms with Crippen molar-refractivity contribution in [3.05, 3.63) is 21.9 Å². The zero-order valence-corrected chi connectivity index (χ0v) is 12.5. The van der Waals surface area contributed by atoms with Gasteiger partial charge in [0, 0.05) is 13.1 Å². The molecule has 0 radical (unpaired) electrons. The van der Waals surface area contributed by atoms with Gasteiger partial charge < -0.3 is 20.7 Å². The van der Waals surface area contributed by atoms with Crippen molar-refractivity contribution in [2.45, 2.75) is 12.5 Å². The second-order valence-electron chi connectivity index (χ2n) is 4.54. The minimum Gasteiger partial charge on any atom is -0.453 e. The van der Waals surface area contributed by atoms with Crippen molar-refractivity contribution >= 4 is 23.3 Å². The van der Waals surface area contributed by atoms with Gasteiger partial charge in [-0.1, -0.05) is 11.8 Å². The lowest BCUT2D eigenvalue weighted by Crippen LogP contribution is -2.38. The Bertz CT molecular complexity index is 588. The first-order valence-corrected chi connectivity index (χ1v) is 7.38. The lowest BCUT2D eigenvalue weighted by atomic mass is 10.3. The van der Waals surface area contributed by atoms with Crippen molar-refractivity contribution in [1.82, 2.24) is 10.2 Å². The average Bonchev–Trinajstić information content (AvgIpc) is 3.13. The molecule has 7 heteroatoms. The van der Waals surface area contributed by atoms with Crippen LogP contribution in [0.25, 0.3) is 0 Å². The van der Waals surface area contributed by atoms with E-state index in [9.17, 15) is 9.59 Å². The van der Waals surface area contributed by atoms with Crippen LogP contribution in [0, 0.1) is 11.8 Å². The molecular formula is C14H17N3O3S. The van der Waals surface area contributed by atoms with E-state index in [1.165, 1.54) is 18.4 Å². The minimum atomic E-state index is -0.468. The maximum absolute atomic E-state index is 12.4. The lowest BCUT2D eigenvalue weighted by molar-refractivity contribution is 0.0793. The van der Waals surface area contributed by atoms with Crippen LogP contribution in [0.1, 0.15) is 21.0 Å². The van der Waals surface area contributed by atoms with Crippen LogP contribution in [0.5, 0.6) is 0 Å². The first-order valence-electron chi connectivity index (χ1n) is 6.56. The largest absolute Gasteiger partial charge is 0.453 e. The standard InChI is InChI=1S/C14H17N3O3S/c1-20-14(19)16-10-6-8-17(9-10)13(18)12-5-4-11(21-12)3-2-7-15/h4-5,10H,6-9,15H2,1H3,(H,16,19). The molecule has 0 bridgehead atoms. The highest BCUT2D eigenvalue weighted by atomic mass is 32.1. The number of thiophene rings is 1. The maximum Gasteiger partial charge on any atom is 0.407 e. The number of carbonyl (C=O) groups is 2. The number of ether oxygens (including phenoxy) is 1. The predicted molar refractivity (Wildman–Crippen MR) is 80.1 cm³/mol. The molecule has 2 amide bonds. The lowest BCUT2D eigenvalue weighted by Gasteiger charge is -2.15. The smallest absolute Gasteiger partial charge is 0.407 e. The monoisotopic (exact) mass is 307 g/mol. The summed E-state index contributed by atoms with van der Waals surface area (Å²) in [4.78, 5) is 26.7. The highest BCUT2D eigenvalue weighted by Gasteiger charge is 2.28. The third kappa shape index (κ3) is 3.97. The fourth-order valence-corrected chi connectivity index (χ4v) is 2.95. The quantitative estimate of drug-likeness (QED) is 0.785. The van der Waals surface area contributed by atoms with Gasteiger partial charge in [-0.2, -0.15) is 0 Å². The van der Waals surface area contributed by atoms with E-state index in [1.54, 1.807) is 11.0 Å². The topological polar surface area (TPSA) is 84.7 Å². The van der Waals surface area contributed by atoms with Gasteiger partial charge in [-0.3, -0.25) is 4.79 Å². The van der Waals surface area contributed by atoms with Crippen LogP contribution in [-0.4, -0.2) is 49.7 Å². The van der Waals surface area contributed by atoms with Crippen LogP contribution in [-0.2, 0) is 4.74 Å². The molecule has 21 heavy (non-hydrogen) atoms. The minimum absolute atomic E-state index is 0.0324. The third-order valence-electron chi connectivity index (χ3n) is 3.11. The molecule has 0 aliphatic carbocycles. The Morgan fingerprint density at radius 3 is 3.10 bits per heavy atom. The summed E-state index contributed by atoms with van der Waals surface area (Å²) in [5.74, 6) is 5.64. The zero-order chi connectivity index (χ0) is 15.2. The van der Waals surface area contributed by atoms with Crippen LogP contribution in [0.2, 0.25) is 0 Å². The first kappa shape index (κ1) is 15.4. The van der Waals surface area contributed by atoms with Gasteiger partial charge >= 0.3 is 6.09 Å². The molecule has 1 aliphatic rings. The van der Waals surface area contributed by atoms with Crippen molar-refractivity contribution in [2.24, 2.45) is 5.73 Å². The molecule has 1 saturated heterocycles. The second-order valence-corrected chi connectivity index (χ2v) is 5.63. The van der Waals surface area contributed by atoms with Crippen LogP contribution in [0.3, 0.4) is 0 Å². The number of nitrogens with one attached hydrogen (secondary N) is 1. The Labute approximate surface area is 127 Å². The van der Waals surface area contributed by atoms with Gasteiger partial charge in [-0.15, -0.1) is 11.3 Å². The Kier molecular flexibility index (Phi) is 5.20. The Balaban J connectivity index is 1.95. The fourth-order valence-electron chi connectivity index (χ4n) is 2.10. The van der Waals surface area contributed by atoms with Gasteiger partial charge in [0.15, 0.2) is 0 Å². The molecule has 1 aromatic rings. The van der Waals surface area contributed by atoms with E-state index >= 15 is 0 Å². The van der Waals surface area contributed by atoms with Gasteiger partial charge in [0.1, 0.15) is 0 Å². The predicted octanol–water partition coefficient (Wildman–Crippen LogP) is 0.629. The maximum atomic E-state index is 12.4. The molecule has 0 aromatic carbocycles. The van der Waals surface area contributed by atoms with Crippen LogP contribution in [0.4, 0.5) is 4.79 Å². The van der Waals surface area contributed by atoms with Crippen molar-refractivity contribution < 1.29 is 14.3 Å². The fraction of sp³-hybridized carbons (Fsp3) is 0.429. The number of nitrogens with zero attached hydrogens (tertiary/aromatic N) is 1.